The second-order valence-corrected chi connectivity index (χ2v) is 5.98. The summed E-state index contributed by atoms with van der Waals surface area (Å²) in [7, 11) is 1.54. The molecule has 0 radical (unpaired) electrons. The van der Waals surface area contributed by atoms with Crippen molar-refractivity contribution >= 4 is 11.8 Å². The van der Waals surface area contributed by atoms with Crippen LogP contribution in [0.4, 0.5) is 0 Å². The minimum atomic E-state index is -1.13. The molecule has 2 rings (SSSR count). The maximum absolute atomic E-state index is 12.5. The first-order valence-electron chi connectivity index (χ1n) is 7.75. The van der Waals surface area contributed by atoms with Crippen molar-refractivity contribution in [2.45, 2.75) is 44.9 Å². The van der Waals surface area contributed by atoms with Crippen molar-refractivity contribution in [2.24, 2.45) is 0 Å². The van der Waals surface area contributed by atoms with E-state index >= 15 is 0 Å². The molecule has 2 amide bonds. The van der Waals surface area contributed by atoms with Gasteiger partial charge in [-0.05, 0) is 25.8 Å². The van der Waals surface area contributed by atoms with Gasteiger partial charge in [0.05, 0.1) is 5.60 Å². The third-order valence-electron chi connectivity index (χ3n) is 4.50. The van der Waals surface area contributed by atoms with Gasteiger partial charge in [-0.2, -0.15) is 5.10 Å². The first kappa shape index (κ1) is 17.4. The highest BCUT2D eigenvalue weighted by molar-refractivity contribution is 5.92. The Morgan fingerprint density at radius 2 is 2.22 bits per heavy atom. The summed E-state index contributed by atoms with van der Waals surface area (Å²) in [5.74, 6) is -0.502. The first-order valence-corrected chi connectivity index (χ1v) is 7.75. The van der Waals surface area contributed by atoms with Gasteiger partial charge in [-0.1, -0.05) is 6.92 Å². The molecule has 0 aromatic carbocycles. The number of β-amino-alcohol motifs (C(OH)–C–C–N with tert-alkyl or cyclic N) is 1. The van der Waals surface area contributed by atoms with E-state index in [1.165, 1.54) is 16.6 Å². The number of nitrogens with zero attached hydrogens (tertiary/aromatic N) is 3. The van der Waals surface area contributed by atoms with Crippen molar-refractivity contribution in [1.82, 2.24) is 20.0 Å². The lowest BCUT2D eigenvalue weighted by Crippen LogP contribution is -2.56. The highest BCUT2D eigenvalue weighted by Gasteiger charge is 2.40. The Labute approximate surface area is 135 Å². The highest BCUT2D eigenvalue weighted by atomic mass is 16.3. The number of rotatable bonds is 4. The summed E-state index contributed by atoms with van der Waals surface area (Å²) in [5.41, 5.74) is -0.189. The van der Waals surface area contributed by atoms with Gasteiger partial charge in [0.1, 0.15) is 12.6 Å². The van der Waals surface area contributed by atoms with E-state index in [0.29, 0.717) is 25.1 Å². The molecule has 0 saturated carbocycles. The minimum absolute atomic E-state index is 0.0494. The van der Waals surface area contributed by atoms with E-state index in [1.54, 1.807) is 13.0 Å². The summed E-state index contributed by atoms with van der Waals surface area (Å²) in [5, 5.41) is 27.0. The van der Waals surface area contributed by atoms with Gasteiger partial charge in [-0.3, -0.25) is 14.3 Å². The number of aliphatic hydroxyl groups is 2. The van der Waals surface area contributed by atoms with Crippen molar-refractivity contribution < 1.29 is 19.8 Å². The number of aryl methyl sites for hydroxylation is 1. The zero-order chi connectivity index (χ0) is 17.2. The molecule has 1 aliphatic heterocycles. The number of amides is 2. The van der Waals surface area contributed by atoms with E-state index < -0.39 is 11.7 Å². The quantitative estimate of drug-likeness (QED) is 0.678. The average Bonchev–Trinajstić information content (AvgIpc) is 2.90. The zero-order valence-electron chi connectivity index (χ0n) is 13.7. The van der Waals surface area contributed by atoms with Crippen molar-refractivity contribution in [3.63, 3.8) is 0 Å². The largest absolute Gasteiger partial charge is 0.388 e. The number of carbonyl (C=O) groups excluding carboxylic acids is 2. The summed E-state index contributed by atoms with van der Waals surface area (Å²) in [4.78, 5) is 25.4. The molecule has 23 heavy (non-hydrogen) atoms. The molecule has 8 nitrogen and oxygen atoms in total. The lowest BCUT2D eigenvalue weighted by molar-refractivity contribution is -0.121. The average molecular weight is 324 g/mol. The molecule has 0 spiro atoms. The van der Waals surface area contributed by atoms with Gasteiger partial charge >= 0.3 is 0 Å². The van der Waals surface area contributed by atoms with Gasteiger partial charge in [0.15, 0.2) is 5.69 Å². The molecule has 128 valence electrons. The lowest BCUT2D eigenvalue weighted by atomic mass is 9.86. The number of aromatic nitrogens is 2. The van der Waals surface area contributed by atoms with Crippen LogP contribution in [0.25, 0.3) is 0 Å². The number of hydrogen-bond donors (Lipinski definition) is 3. The second-order valence-electron chi connectivity index (χ2n) is 5.98. The second kappa shape index (κ2) is 6.67. The first-order chi connectivity index (χ1) is 10.8. The van der Waals surface area contributed by atoms with Gasteiger partial charge in [0.2, 0.25) is 5.91 Å². The summed E-state index contributed by atoms with van der Waals surface area (Å²) < 4.78 is 1.47. The molecule has 0 aliphatic carbocycles. The molecule has 0 bridgehead atoms. The Hall–Kier alpha value is -1.93. The molecule has 1 aliphatic rings. The van der Waals surface area contributed by atoms with E-state index in [-0.39, 0.29) is 30.6 Å². The smallest absolute Gasteiger partial charge is 0.274 e. The van der Waals surface area contributed by atoms with E-state index in [1.807, 2.05) is 6.92 Å². The van der Waals surface area contributed by atoms with Gasteiger partial charge in [-0.15, -0.1) is 0 Å². The summed E-state index contributed by atoms with van der Waals surface area (Å²) in [6.45, 7) is 4.07. The van der Waals surface area contributed by atoms with Crippen LogP contribution in [0.1, 0.15) is 35.9 Å². The number of aliphatic hydroxyl groups excluding tert-OH is 1. The van der Waals surface area contributed by atoms with Crippen LogP contribution in [0.15, 0.2) is 6.07 Å². The Balaban J connectivity index is 2.10. The fourth-order valence-corrected chi connectivity index (χ4v) is 2.71. The topological polar surface area (TPSA) is 108 Å². The Bertz CT molecular complexity index is 600. The van der Waals surface area contributed by atoms with Crippen LogP contribution in [0, 0.1) is 6.92 Å². The number of hydrogen-bond acceptors (Lipinski definition) is 5. The monoisotopic (exact) mass is 324 g/mol. The van der Waals surface area contributed by atoms with Gasteiger partial charge in [-0.25, -0.2) is 0 Å². The van der Waals surface area contributed by atoms with Crippen molar-refractivity contribution in [3.05, 3.63) is 17.5 Å². The van der Waals surface area contributed by atoms with Crippen LogP contribution < -0.4 is 5.32 Å². The Morgan fingerprint density at radius 1 is 1.52 bits per heavy atom. The predicted octanol–water partition coefficient (Wildman–Crippen LogP) is -0.715. The molecule has 2 atom stereocenters. The predicted molar refractivity (Wildman–Crippen MR) is 82.8 cm³/mol. The Kier molecular flexibility index (Phi) is 5.06. The van der Waals surface area contributed by atoms with Crippen LogP contribution in [0.3, 0.4) is 0 Å². The number of carbonyl (C=O) groups is 2. The van der Waals surface area contributed by atoms with Crippen molar-refractivity contribution in [1.29, 1.82) is 0 Å². The fraction of sp³-hybridized carbons (Fsp3) is 0.667. The number of likely N-dealkylation sites (tertiary alicyclic amines) is 1. The molecular weight excluding hydrogens is 300 g/mol. The maximum Gasteiger partial charge on any atom is 0.274 e. The molecule has 1 aromatic heterocycles. The normalized spacial score (nSPS) is 24.6. The Morgan fingerprint density at radius 3 is 2.78 bits per heavy atom. The maximum atomic E-state index is 12.5. The lowest BCUT2D eigenvalue weighted by Gasteiger charge is -2.41. The zero-order valence-corrected chi connectivity index (χ0v) is 13.7. The molecule has 3 N–H and O–H groups in total. The van der Waals surface area contributed by atoms with Crippen LogP contribution in [-0.4, -0.2) is 68.6 Å². The van der Waals surface area contributed by atoms with Crippen LogP contribution in [0.5, 0.6) is 0 Å². The van der Waals surface area contributed by atoms with E-state index in [2.05, 4.69) is 10.4 Å². The summed E-state index contributed by atoms with van der Waals surface area (Å²) in [6.07, 6.45) is -0.205. The molecular formula is C15H24N4O4. The summed E-state index contributed by atoms with van der Waals surface area (Å²) in [6, 6.07) is 1.62. The molecule has 1 saturated heterocycles. The van der Waals surface area contributed by atoms with Crippen LogP contribution in [-0.2, 0) is 11.3 Å². The van der Waals surface area contributed by atoms with Crippen LogP contribution in [0.2, 0.25) is 0 Å². The number of likely N-dealkylation sites (N-methyl/N-ethyl adjacent to an activating group) is 1. The standard InChI is InChI=1S/C15H24N4O4/c1-4-15(23)5-6-18(8-12(15)20)14(22)11-7-10(2)19(17-11)9-13(21)16-3/h7,12,20,23H,4-6,8-9H2,1-3H3,(H,16,21)/t12-,15-/m1/s1. The van der Waals surface area contributed by atoms with Crippen molar-refractivity contribution in [2.75, 3.05) is 20.1 Å². The SMILES string of the molecule is CC[C@@]1(O)CCN(C(=O)c2cc(C)n(CC(=O)NC)n2)C[C@H]1O. The summed E-state index contributed by atoms with van der Waals surface area (Å²) >= 11 is 0. The van der Waals surface area contributed by atoms with Gasteiger partial charge in [0.25, 0.3) is 5.91 Å². The fourth-order valence-electron chi connectivity index (χ4n) is 2.71. The highest BCUT2D eigenvalue weighted by Crippen LogP contribution is 2.26. The van der Waals surface area contributed by atoms with Gasteiger partial charge in [0, 0.05) is 25.8 Å². The van der Waals surface area contributed by atoms with E-state index in [0.717, 1.165) is 0 Å². The molecule has 8 heteroatoms. The molecule has 2 heterocycles. The van der Waals surface area contributed by atoms with Crippen molar-refractivity contribution in [3.8, 4) is 0 Å². The van der Waals surface area contributed by atoms with E-state index in [4.69, 9.17) is 0 Å². The van der Waals surface area contributed by atoms with Crippen LogP contribution >= 0.6 is 0 Å². The molecule has 1 aromatic rings. The number of piperidine rings is 1. The minimum Gasteiger partial charge on any atom is -0.388 e. The number of nitrogens with one attached hydrogen (secondary N) is 1. The van der Waals surface area contributed by atoms with Gasteiger partial charge < -0.3 is 20.4 Å². The molecule has 1 fully saturated rings. The molecule has 0 unspecified atom stereocenters. The van der Waals surface area contributed by atoms with E-state index in [9.17, 15) is 19.8 Å². The third kappa shape index (κ3) is 3.53. The third-order valence-corrected chi connectivity index (χ3v) is 4.50.